The molecule has 0 saturated heterocycles. The van der Waals surface area contributed by atoms with Crippen molar-refractivity contribution in [2.45, 2.75) is 53.4 Å². The zero-order valence-corrected chi connectivity index (χ0v) is 9.98. The van der Waals surface area contributed by atoms with Gasteiger partial charge >= 0.3 is 0 Å². The van der Waals surface area contributed by atoms with Crippen LogP contribution in [0.5, 0.6) is 0 Å². The Morgan fingerprint density at radius 2 is 1.57 bits per heavy atom. The third kappa shape index (κ3) is 2.60. The van der Waals surface area contributed by atoms with Crippen LogP contribution in [-0.2, 0) is 6.42 Å². The van der Waals surface area contributed by atoms with E-state index in [4.69, 9.17) is 0 Å². The minimum atomic E-state index is 1.26. The predicted molar refractivity (Wildman–Crippen MR) is 63.9 cm³/mol. The van der Waals surface area contributed by atoms with E-state index in [9.17, 15) is 0 Å². The van der Waals surface area contributed by atoms with E-state index in [2.05, 4.69) is 39.8 Å². The summed E-state index contributed by atoms with van der Waals surface area (Å²) in [7, 11) is 0. The highest BCUT2D eigenvalue weighted by atomic mass is 14.1. The molecule has 0 spiro atoms. The van der Waals surface area contributed by atoms with Crippen molar-refractivity contribution in [3.05, 3.63) is 34.4 Å². The number of rotatable bonds is 4. The van der Waals surface area contributed by atoms with Crippen molar-refractivity contribution in [1.29, 1.82) is 0 Å². The Kier molecular flexibility index (Phi) is 4.19. The highest BCUT2D eigenvalue weighted by Gasteiger charge is 2.03. The van der Waals surface area contributed by atoms with Crippen molar-refractivity contribution in [2.75, 3.05) is 0 Å². The number of aryl methyl sites for hydroxylation is 2. The fourth-order valence-electron chi connectivity index (χ4n) is 1.95. The van der Waals surface area contributed by atoms with Gasteiger partial charge < -0.3 is 0 Å². The van der Waals surface area contributed by atoms with Gasteiger partial charge in [0, 0.05) is 0 Å². The number of hydrogen-bond acceptors (Lipinski definition) is 0. The van der Waals surface area contributed by atoms with Gasteiger partial charge in [-0.15, -0.1) is 0 Å². The molecule has 0 atom stereocenters. The molecule has 0 amide bonds. The molecule has 0 nitrogen and oxygen atoms in total. The fourth-order valence-corrected chi connectivity index (χ4v) is 1.95. The maximum Gasteiger partial charge on any atom is -0.0274 e. The molecule has 0 saturated carbocycles. The van der Waals surface area contributed by atoms with E-state index in [0.29, 0.717) is 0 Å². The van der Waals surface area contributed by atoms with Crippen LogP contribution in [0.25, 0.3) is 0 Å². The SMILES string of the molecule is CCCCCc1c(C)ccc(C)c1C. The molecule has 0 aliphatic rings. The molecule has 0 N–H and O–H groups in total. The Morgan fingerprint density at radius 3 is 2.21 bits per heavy atom. The Morgan fingerprint density at radius 1 is 0.929 bits per heavy atom. The van der Waals surface area contributed by atoms with E-state index < -0.39 is 0 Å². The first-order chi connectivity index (χ1) is 6.66. The van der Waals surface area contributed by atoms with Crippen molar-refractivity contribution in [2.24, 2.45) is 0 Å². The molecule has 1 aromatic rings. The van der Waals surface area contributed by atoms with Crippen LogP contribution in [0.1, 0.15) is 48.4 Å². The van der Waals surface area contributed by atoms with Crippen LogP contribution in [0, 0.1) is 20.8 Å². The van der Waals surface area contributed by atoms with Crippen molar-refractivity contribution in [3.8, 4) is 0 Å². The molecule has 14 heavy (non-hydrogen) atoms. The summed E-state index contributed by atoms with van der Waals surface area (Å²) in [6.07, 6.45) is 5.26. The summed E-state index contributed by atoms with van der Waals surface area (Å²) in [6, 6.07) is 4.48. The summed E-state index contributed by atoms with van der Waals surface area (Å²) in [5.74, 6) is 0. The average Bonchev–Trinajstić information content (AvgIpc) is 2.18. The lowest BCUT2D eigenvalue weighted by Gasteiger charge is -2.11. The van der Waals surface area contributed by atoms with E-state index in [1.807, 2.05) is 0 Å². The predicted octanol–water partition coefficient (Wildman–Crippen LogP) is 4.34. The van der Waals surface area contributed by atoms with Crippen LogP contribution in [0.2, 0.25) is 0 Å². The zero-order chi connectivity index (χ0) is 10.6. The number of hydrogen-bond donors (Lipinski definition) is 0. The second-order valence-corrected chi connectivity index (χ2v) is 4.26. The summed E-state index contributed by atoms with van der Waals surface area (Å²) in [4.78, 5) is 0. The maximum atomic E-state index is 2.26. The first kappa shape index (κ1) is 11.3. The summed E-state index contributed by atoms with van der Waals surface area (Å²) >= 11 is 0. The summed E-state index contributed by atoms with van der Waals surface area (Å²) in [5.41, 5.74) is 5.98. The van der Waals surface area contributed by atoms with Crippen molar-refractivity contribution in [3.63, 3.8) is 0 Å². The van der Waals surface area contributed by atoms with E-state index >= 15 is 0 Å². The quantitative estimate of drug-likeness (QED) is 0.619. The topological polar surface area (TPSA) is 0 Å². The Balaban J connectivity index is 2.79. The van der Waals surface area contributed by atoms with Crippen LogP contribution in [0.3, 0.4) is 0 Å². The van der Waals surface area contributed by atoms with E-state index in [1.165, 1.54) is 42.4 Å². The monoisotopic (exact) mass is 190 g/mol. The van der Waals surface area contributed by atoms with Crippen molar-refractivity contribution < 1.29 is 0 Å². The van der Waals surface area contributed by atoms with Crippen LogP contribution in [0.15, 0.2) is 12.1 Å². The molecule has 1 aromatic carbocycles. The minimum absolute atomic E-state index is 1.26. The number of benzene rings is 1. The molecule has 1 rings (SSSR count). The second kappa shape index (κ2) is 5.19. The molecule has 0 bridgehead atoms. The van der Waals surface area contributed by atoms with Gasteiger partial charge in [-0.25, -0.2) is 0 Å². The van der Waals surface area contributed by atoms with Crippen LogP contribution in [-0.4, -0.2) is 0 Å². The lowest BCUT2D eigenvalue weighted by molar-refractivity contribution is 0.713. The zero-order valence-electron chi connectivity index (χ0n) is 9.98. The van der Waals surface area contributed by atoms with Crippen LogP contribution in [0.4, 0.5) is 0 Å². The largest absolute Gasteiger partial charge is 0.0654 e. The molecule has 0 radical (unpaired) electrons. The first-order valence-electron chi connectivity index (χ1n) is 5.72. The standard InChI is InChI=1S/C14H22/c1-5-6-7-8-14-12(3)10-9-11(2)13(14)4/h9-10H,5-8H2,1-4H3. The van der Waals surface area contributed by atoms with Crippen LogP contribution < -0.4 is 0 Å². The molecular formula is C14H22. The van der Waals surface area contributed by atoms with Crippen molar-refractivity contribution >= 4 is 0 Å². The molecule has 0 fully saturated rings. The van der Waals surface area contributed by atoms with Gasteiger partial charge in [-0.05, 0) is 55.9 Å². The fraction of sp³-hybridized carbons (Fsp3) is 0.571. The molecule has 78 valence electrons. The van der Waals surface area contributed by atoms with Crippen LogP contribution >= 0.6 is 0 Å². The van der Waals surface area contributed by atoms with Crippen molar-refractivity contribution in [1.82, 2.24) is 0 Å². The lowest BCUT2D eigenvalue weighted by Crippen LogP contribution is -1.96. The van der Waals surface area contributed by atoms with E-state index in [1.54, 1.807) is 5.56 Å². The van der Waals surface area contributed by atoms with Gasteiger partial charge in [0.05, 0.1) is 0 Å². The molecule has 0 unspecified atom stereocenters. The van der Waals surface area contributed by atoms with Gasteiger partial charge in [0.2, 0.25) is 0 Å². The maximum absolute atomic E-state index is 2.26. The summed E-state index contributed by atoms with van der Waals surface area (Å²) in [6.45, 7) is 8.95. The molecule has 0 aromatic heterocycles. The second-order valence-electron chi connectivity index (χ2n) is 4.26. The van der Waals surface area contributed by atoms with Gasteiger partial charge in [-0.1, -0.05) is 31.9 Å². The van der Waals surface area contributed by atoms with E-state index in [0.717, 1.165) is 0 Å². The normalized spacial score (nSPS) is 10.6. The minimum Gasteiger partial charge on any atom is -0.0654 e. The average molecular weight is 190 g/mol. The molecule has 0 heterocycles. The van der Waals surface area contributed by atoms with E-state index in [-0.39, 0.29) is 0 Å². The van der Waals surface area contributed by atoms with Gasteiger partial charge in [-0.2, -0.15) is 0 Å². The first-order valence-corrected chi connectivity index (χ1v) is 5.72. The molecular weight excluding hydrogens is 168 g/mol. The van der Waals surface area contributed by atoms with Gasteiger partial charge in [0.15, 0.2) is 0 Å². The third-order valence-electron chi connectivity index (χ3n) is 3.13. The van der Waals surface area contributed by atoms with Gasteiger partial charge in [0.25, 0.3) is 0 Å². The van der Waals surface area contributed by atoms with Gasteiger partial charge in [0.1, 0.15) is 0 Å². The van der Waals surface area contributed by atoms with Gasteiger partial charge in [-0.3, -0.25) is 0 Å². The molecule has 0 aliphatic heterocycles. The third-order valence-corrected chi connectivity index (χ3v) is 3.13. The lowest BCUT2D eigenvalue weighted by atomic mass is 9.94. The smallest absolute Gasteiger partial charge is 0.0274 e. The number of unbranched alkanes of at least 4 members (excludes halogenated alkanes) is 2. The summed E-state index contributed by atoms with van der Waals surface area (Å²) in [5, 5.41) is 0. The molecule has 0 heteroatoms. The molecule has 0 aliphatic carbocycles. The highest BCUT2D eigenvalue weighted by Crippen LogP contribution is 2.19. The summed E-state index contributed by atoms with van der Waals surface area (Å²) < 4.78 is 0. The highest BCUT2D eigenvalue weighted by molar-refractivity contribution is 5.39. The Hall–Kier alpha value is -0.780. The Labute approximate surface area is 88.4 Å². The Bertz CT molecular complexity index is 297.